The third kappa shape index (κ3) is 1.96. The van der Waals surface area contributed by atoms with Crippen LogP contribution < -0.4 is 4.90 Å². The Morgan fingerprint density at radius 2 is 1.95 bits per heavy atom. The number of hydrogen-bond acceptors (Lipinski definition) is 6. The number of rotatable bonds is 2. The third-order valence-corrected chi connectivity index (χ3v) is 3.52. The molecule has 0 unspecified atom stereocenters. The first-order valence-corrected chi connectivity index (χ1v) is 6.62. The Hall–Kier alpha value is -2.73. The molecule has 1 aromatic carbocycles. The minimum atomic E-state index is 0.565. The highest BCUT2D eigenvalue weighted by Gasteiger charge is 2.29. The van der Waals surface area contributed by atoms with Crippen LogP contribution in [0, 0.1) is 0 Å². The lowest BCUT2D eigenvalue weighted by Crippen LogP contribution is -2.27. The number of pyridine rings is 1. The molecule has 21 heavy (non-hydrogen) atoms. The zero-order valence-corrected chi connectivity index (χ0v) is 11.5. The minimum Gasteiger partial charge on any atom is -0.285 e. The van der Waals surface area contributed by atoms with Crippen molar-refractivity contribution >= 4 is 11.5 Å². The first-order chi connectivity index (χ1) is 10.3. The topological polar surface area (TPSA) is 53.3 Å². The van der Waals surface area contributed by atoms with Gasteiger partial charge >= 0.3 is 0 Å². The van der Waals surface area contributed by atoms with Gasteiger partial charge in [-0.1, -0.05) is 30.3 Å². The van der Waals surface area contributed by atoms with Crippen LogP contribution >= 0.6 is 0 Å². The van der Waals surface area contributed by atoms with Gasteiger partial charge in [0.05, 0.1) is 13.3 Å². The van der Waals surface area contributed by atoms with Crippen LogP contribution in [0.25, 0.3) is 11.1 Å². The molecule has 6 heteroatoms. The number of anilines is 1. The molecule has 0 saturated carbocycles. The molecule has 0 aliphatic carbocycles. The summed E-state index contributed by atoms with van der Waals surface area (Å²) in [5.74, 6) is 1.54. The molecule has 6 nitrogen and oxygen atoms in total. The Kier molecular flexibility index (Phi) is 2.68. The second-order valence-corrected chi connectivity index (χ2v) is 4.79. The number of hydroxylamine groups is 2. The van der Waals surface area contributed by atoms with Crippen molar-refractivity contribution in [2.24, 2.45) is 10.2 Å². The van der Waals surface area contributed by atoms with Gasteiger partial charge in [-0.2, -0.15) is 0 Å². The quantitative estimate of drug-likeness (QED) is 0.846. The fourth-order valence-corrected chi connectivity index (χ4v) is 2.44. The van der Waals surface area contributed by atoms with Gasteiger partial charge in [-0.25, -0.2) is 10.0 Å². The van der Waals surface area contributed by atoms with E-state index < -0.39 is 0 Å². The van der Waals surface area contributed by atoms with Gasteiger partial charge in [0, 0.05) is 11.8 Å². The Balaban J connectivity index is 1.74. The number of fused-ring (bicyclic) bond motifs is 3. The summed E-state index contributed by atoms with van der Waals surface area (Å²) in [5, 5.41) is 10.2. The zero-order valence-electron chi connectivity index (χ0n) is 11.5. The predicted octanol–water partition coefficient (Wildman–Crippen LogP) is 3.29. The molecule has 0 bridgehead atoms. The fraction of sp³-hybridized carbons (Fsp3) is 0.133. The van der Waals surface area contributed by atoms with E-state index in [1.807, 2.05) is 35.4 Å². The van der Waals surface area contributed by atoms with Gasteiger partial charge in [0.15, 0.2) is 11.6 Å². The van der Waals surface area contributed by atoms with Crippen LogP contribution in [0.5, 0.6) is 0 Å². The van der Waals surface area contributed by atoms with Crippen LogP contribution in [0.4, 0.5) is 11.5 Å². The maximum atomic E-state index is 5.20. The number of hydrogen-bond donors (Lipinski definition) is 0. The number of azo groups is 1. The summed E-state index contributed by atoms with van der Waals surface area (Å²) in [6, 6.07) is 12.1. The average molecular weight is 279 g/mol. The van der Waals surface area contributed by atoms with Crippen molar-refractivity contribution < 1.29 is 4.84 Å². The van der Waals surface area contributed by atoms with Gasteiger partial charge in [-0.15, -0.1) is 10.2 Å². The molecule has 3 heterocycles. The van der Waals surface area contributed by atoms with Crippen LogP contribution in [0.15, 0.2) is 64.8 Å². The molecule has 2 aromatic rings. The molecule has 4 rings (SSSR count). The summed E-state index contributed by atoms with van der Waals surface area (Å²) in [7, 11) is 1.62. The van der Waals surface area contributed by atoms with E-state index in [1.165, 1.54) is 0 Å². The molecule has 0 spiro atoms. The van der Waals surface area contributed by atoms with E-state index >= 15 is 0 Å². The molecule has 0 fully saturated rings. The van der Waals surface area contributed by atoms with E-state index in [0.29, 0.717) is 6.67 Å². The van der Waals surface area contributed by atoms with Crippen LogP contribution in [-0.2, 0) is 4.84 Å². The van der Waals surface area contributed by atoms with Crippen molar-refractivity contribution in [2.45, 2.75) is 0 Å². The van der Waals surface area contributed by atoms with E-state index in [-0.39, 0.29) is 0 Å². The van der Waals surface area contributed by atoms with Crippen molar-refractivity contribution in [3.05, 3.63) is 54.6 Å². The third-order valence-electron chi connectivity index (χ3n) is 3.52. The highest BCUT2D eigenvalue weighted by atomic mass is 16.7. The van der Waals surface area contributed by atoms with Crippen LogP contribution in [0.1, 0.15) is 0 Å². The molecule has 0 amide bonds. The van der Waals surface area contributed by atoms with Crippen LogP contribution in [-0.4, -0.2) is 23.8 Å². The lowest BCUT2D eigenvalue weighted by molar-refractivity contribution is -0.0790. The zero-order chi connectivity index (χ0) is 14.2. The largest absolute Gasteiger partial charge is 0.285 e. The Bertz CT molecular complexity index is 741. The number of aromatic nitrogens is 1. The van der Waals surface area contributed by atoms with E-state index in [2.05, 4.69) is 27.3 Å². The highest BCUT2D eigenvalue weighted by Crippen LogP contribution is 2.39. The molecule has 0 saturated heterocycles. The Morgan fingerprint density at radius 1 is 1.10 bits per heavy atom. The van der Waals surface area contributed by atoms with Crippen LogP contribution in [0.2, 0.25) is 0 Å². The van der Waals surface area contributed by atoms with Crippen molar-refractivity contribution in [3.8, 4) is 11.1 Å². The summed E-state index contributed by atoms with van der Waals surface area (Å²) in [4.78, 5) is 11.7. The molecular formula is C15H13N5O. The fourth-order valence-electron chi connectivity index (χ4n) is 2.44. The lowest BCUT2D eigenvalue weighted by atomic mass is 10.1. The minimum absolute atomic E-state index is 0.565. The van der Waals surface area contributed by atoms with E-state index in [1.54, 1.807) is 18.4 Å². The molecule has 0 radical (unpaired) electrons. The van der Waals surface area contributed by atoms with Gasteiger partial charge < -0.3 is 0 Å². The SMILES string of the molecule is CON1C=C2N=Nc3cc(-c4ccccc4)cnc3N2C1. The predicted molar refractivity (Wildman–Crippen MR) is 78.5 cm³/mol. The second-order valence-electron chi connectivity index (χ2n) is 4.79. The summed E-state index contributed by atoms with van der Waals surface area (Å²) < 4.78 is 0. The molecular weight excluding hydrogens is 266 g/mol. The van der Waals surface area contributed by atoms with Crippen molar-refractivity contribution in [1.29, 1.82) is 0 Å². The monoisotopic (exact) mass is 279 g/mol. The van der Waals surface area contributed by atoms with Gasteiger partial charge in [-0.05, 0) is 11.6 Å². The van der Waals surface area contributed by atoms with E-state index in [4.69, 9.17) is 4.84 Å². The second kappa shape index (κ2) is 4.68. The van der Waals surface area contributed by atoms with Gasteiger partial charge in [0.2, 0.25) is 0 Å². The molecule has 2 aliphatic rings. The van der Waals surface area contributed by atoms with E-state index in [9.17, 15) is 0 Å². The van der Waals surface area contributed by atoms with Gasteiger partial charge in [0.25, 0.3) is 0 Å². The Morgan fingerprint density at radius 3 is 2.76 bits per heavy atom. The maximum absolute atomic E-state index is 5.20. The van der Waals surface area contributed by atoms with Crippen LogP contribution in [0.3, 0.4) is 0 Å². The molecule has 104 valence electrons. The highest BCUT2D eigenvalue weighted by molar-refractivity contribution is 5.74. The summed E-state index contributed by atoms with van der Waals surface area (Å²) in [5.41, 5.74) is 2.92. The Labute approximate surface area is 122 Å². The standard InChI is InChI=1S/C15H13N5O/c1-21-19-9-14-18-17-13-7-12(11-5-3-2-4-6-11)8-16-15(13)20(14)10-19/h2-9H,10H2,1H3. The van der Waals surface area contributed by atoms with Gasteiger partial charge in [-0.3, -0.25) is 9.74 Å². The number of nitrogens with zero attached hydrogens (tertiary/aromatic N) is 5. The maximum Gasteiger partial charge on any atom is 0.177 e. The molecule has 0 N–H and O–H groups in total. The van der Waals surface area contributed by atoms with E-state index in [0.717, 1.165) is 28.5 Å². The van der Waals surface area contributed by atoms with Crippen molar-refractivity contribution in [1.82, 2.24) is 10.0 Å². The summed E-state index contributed by atoms with van der Waals surface area (Å²) in [6.45, 7) is 0.565. The van der Waals surface area contributed by atoms with Crippen molar-refractivity contribution in [2.75, 3.05) is 18.7 Å². The van der Waals surface area contributed by atoms with Crippen molar-refractivity contribution in [3.63, 3.8) is 0 Å². The number of benzene rings is 1. The smallest absolute Gasteiger partial charge is 0.177 e. The molecule has 1 aromatic heterocycles. The molecule has 2 aliphatic heterocycles. The molecule has 0 atom stereocenters. The normalized spacial score (nSPS) is 15.8. The first-order valence-electron chi connectivity index (χ1n) is 6.62. The summed E-state index contributed by atoms with van der Waals surface area (Å²) in [6.07, 6.45) is 3.67. The first kappa shape index (κ1) is 12.0. The average Bonchev–Trinajstić information content (AvgIpc) is 2.99. The lowest BCUT2D eigenvalue weighted by Gasteiger charge is -2.23. The van der Waals surface area contributed by atoms with Gasteiger partial charge in [0.1, 0.15) is 12.4 Å². The summed E-state index contributed by atoms with van der Waals surface area (Å²) >= 11 is 0.